The van der Waals surface area contributed by atoms with Gasteiger partial charge in [-0.3, -0.25) is 4.79 Å². The SMILES string of the molecule is CC(C)c1c(C=O)ccc2c1OCCO2. The van der Waals surface area contributed by atoms with Crippen LogP contribution in [0.3, 0.4) is 0 Å². The molecular formula is C12H14O3. The van der Waals surface area contributed by atoms with Gasteiger partial charge in [-0.2, -0.15) is 0 Å². The van der Waals surface area contributed by atoms with Crippen molar-refractivity contribution in [2.75, 3.05) is 13.2 Å². The molecule has 1 heterocycles. The molecule has 0 aromatic heterocycles. The third-order valence-electron chi connectivity index (χ3n) is 2.49. The van der Waals surface area contributed by atoms with Crippen molar-refractivity contribution >= 4 is 6.29 Å². The molecule has 0 N–H and O–H groups in total. The molecule has 0 aliphatic carbocycles. The molecule has 2 rings (SSSR count). The molecule has 0 unspecified atom stereocenters. The third kappa shape index (κ3) is 1.69. The maximum absolute atomic E-state index is 10.9. The zero-order chi connectivity index (χ0) is 10.8. The third-order valence-corrected chi connectivity index (χ3v) is 2.49. The summed E-state index contributed by atoms with van der Waals surface area (Å²) in [4.78, 5) is 10.9. The lowest BCUT2D eigenvalue weighted by Gasteiger charge is -2.23. The molecule has 1 aliphatic rings. The topological polar surface area (TPSA) is 35.5 Å². The molecular weight excluding hydrogens is 192 g/mol. The number of carbonyl (C=O) groups is 1. The molecule has 3 nitrogen and oxygen atoms in total. The molecule has 1 aliphatic heterocycles. The van der Waals surface area contributed by atoms with Gasteiger partial charge in [-0.15, -0.1) is 0 Å². The van der Waals surface area contributed by atoms with Gasteiger partial charge in [0.2, 0.25) is 0 Å². The van der Waals surface area contributed by atoms with E-state index in [9.17, 15) is 4.79 Å². The van der Waals surface area contributed by atoms with Crippen LogP contribution in [0.15, 0.2) is 12.1 Å². The first-order valence-electron chi connectivity index (χ1n) is 5.11. The van der Waals surface area contributed by atoms with Crippen LogP contribution in [0.4, 0.5) is 0 Å². The number of aldehydes is 1. The zero-order valence-electron chi connectivity index (χ0n) is 8.95. The molecule has 0 spiro atoms. The molecule has 15 heavy (non-hydrogen) atoms. The zero-order valence-corrected chi connectivity index (χ0v) is 8.95. The fourth-order valence-electron chi connectivity index (χ4n) is 1.85. The second-order valence-electron chi connectivity index (χ2n) is 3.87. The molecule has 0 saturated heterocycles. The molecule has 0 bridgehead atoms. The minimum Gasteiger partial charge on any atom is -0.486 e. The van der Waals surface area contributed by atoms with Gasteiger partial charge in [0.15, 0.2) is 11.5 Å². The summed E-state index contributed by atoms with van der Waals surface area (Å²) in [6, 6.07) is 3.58. The van der Waals surface area contributed by atoms with Crippen LogP contribution in [0, 0.1) is 0 Å². The highest BCUT2D eigenvalue weighted by atomic mass is 16.6. The van der Waals surface area contributed by atoms with Crippen LogP contribution in [0.5, 0.6) is 11.5 Å². The highest BCUT2D eigenvalue weighted by Gasteiger charge is 2.20. The molecule has 1 aromatic rings. The van der Waals surface area contributed by atoms with Crippen molar-refractivity contribution < 1.29 is 14.3 Å². The number of carbonyl (C=O) groups excluding carboxylic acids is 1. The molecule has 0 amide bonds. The molecule has 0 atom stereocenters. The number of fused-ring (bicyclic) bond motifs is 1. The van der Waals surface area contributed by atoms with E-state index in [1.807, 2.05) is 13.8 Å². The highest BCUT2D eigenvalue weighted by Crippen LogP contribution is 2.39. The number of ether oxygens (including phenoxy) is 2. The van der Waals surface area contributed by atoms with E-state index in [1.54, 1.807) is 12.1 Å². The number of rotatable bonds is 2. The Morgan fingerprint density at radius 1 is 1.27 bits per heavy atom. The summed E-state index contributed by atoms with van der Waals surface area (Å²) in [5.41, 5.74) is 1.64. The fourth-order valence-corrected chi connectivity index (χ4v) is 1.85. The summed E-state index contributed by atoms with van der Waals surface area (Å²) < 4.78 is 11.0. The summed E-state index contributed by atoms with van der Waals surface area (Å²) in [7, 11) is 0. The van der Waals surface area contributed by atoms with Gasteiger partial charge in [0.05, 0.1) is 0 Å². The standard InChI is InChI=1S/C12H14O3/c1-8(2)11-9(7-13)3-4-10-12(11)15-6-5-14-10/h3-4,7-8H,5-6H2,1-2H3. The van der Waals surface area contributed by atoms with Crippen LogP contribution in [0.25, 0.3) is 0 Å². The minimum absolute atomic E-state index is 0.252. The van der Waals surface area contributed by atoms with Crippen LogP contribution in [0.2, 0.25) is 0 Å². The Bertz CT molecular complexity index is 383. The van der Waals surface area contributed by atoms with E-state index in [2.05, 4.69) is 0 Å². The van der Waals surface area contributed by atoms with Crippen molar-refractivity contribution in [2.24, 2.45) is 0 Å². The summed E-state index contributed by atoms with van der Waals surface area (Å²) >= 11 is 0. The van der Waals surface area contributed by atoms with Crippen molar-refractivity contribution in [3.63, 3.8) is 0 Å². The average molecular weight is 206 g/mol. The molecule has 3 heteroatoms. The maximum atomic E-state index is 10.9. The number of hydrogen-bond acceptors (Lipinski definition) is 3. The predicted molar refractivity (Wildman–Crippen MR) is 56.9 cm³/mol. The van der Waals surface area contributed by atoms with Crippen LogP contribution >= 0.6 is 0 Å². The summed E-state index contributed by atoms with van der Waals surface area (Å²) in [6.45, 7) is 5.21. The Morgan fingerprint density at radius 3 is 2.67 bits per heavy atom. The van der Waals surface area contributed by atoms with E-state index < -0.39 is 0 Å². The normalized spacial score (nSPS) is 14.1. The van der Waals surface area contributed by atoms with Gasteiger partial charge in [-0.1, -0.05) is 13.8 Å². The van der Waals surface area contributed by atoms with Crippen molar-refractivity contribution in [3.8, 4) is 11.5 Å². The van der Waals surface area contributed by atoms with E-state index >= 15 is 0 Å². The first-order valence-corrected chi connectivity index (χ1v) is 5.11. The lowest BCUT2D eigenvalue weighted by atomic mass is 9.96. The Hall–Kier alpha value is -1.51. The summed E-state index contributed by atoms with van der Waals surface area (Å²) in [6.07, 6.45) is 0.869. The van der Waals surface area contributed by atoms with Gasteiger partial charge in [-0.05, 0) is 18.1 Å². The Balaban J connectivity index is 2.59. The second kappa shape index (κ2) is 3.93. The highest BCUT2D eigenvalue weighted by molar-refractivity contribution is 5.80. The van der Waals surface area contributed by atoms with E-state index in [4.69, 9.17) is 9.47 Å². The van der Waals surface area contributed by atoms with Crippen molar-refractivity contribution in [3.05, 3.63) is 23.3 Å². The second-order valence-corrected chi connectivity index (χ2v) is 3.87. The average Bonchev–Trinajstić information content (AvgIpc) is 2.27. The van der Waals surface area contributed by atoms with Crippen molar-refractivity contribution in [1.82, 2.24) is 0 Å². The maximum Gasteiger partial charge on any atom is 0.165 e. The molecule has 0 fully saturated rings. The Labute approximate surface area is 89.0 Å². The number of hydrogen-bond donors (Lipinski definition) is 0. The van der Waals surface area contributed by atoms with Crippen LogP contribution in [0.1, 0.15) is 35.7 Å². The fraction of sp³-hybridized carbons (Fsp3) is 0.417. The number of benzene rings is 1. The molecule has 1 aromatic carbocycles. The minimum atomic E-state index is 0.252. The molecule has 0 radical (unpaired) electrons. The Kier molecular flexibility index (Phi) is 2.62. The van der Waals surface area contributed by atoms with Gasteiger partial charge in [0.1, 0.15) is 19.5 Å². The van der Waals surface area contributed by atoms with Crippen molar-refractivity contribution in [1.29, 1.82) is 0 Å². The monoisotopic (exact) mass is 206 g/mol. The first-order chi connectivity index (χ1) is 7.24. The van der Waals surface area contributed by atoms with Gasteiger partial charge < -0.3 is 9.47 Å². The van der Waals surface area contributed by atoms with Gasteiger partial charge in [-0.25, -0.2) is 0 Å². The van der Waals surface area contributed by atoms with Gasteiger partial charge in [0, 0.05) is 11.1 Å². The molecule has 0 saturated carbocycles. The quantitative estimate of drug-likeness (QED) is 0.697. The van der Waals surface area contributed by atoms with E-state index in [0.29, 0.717) is 18.8 Å². The summed E-state index contributed by atoms with van der Waals surface area (Å²) in [5, 5.41) is 0. The van der Waals surface area contributed by atoms with Crippen LogP contribution in [-0.2, 0) is 0 Å². The van der Waals surface area contributed by atoms with E-state index in [-0.39, 0.29) is 5.92 Å². The van der Waals surface area contributed by atoms with Crippen LogP contribution < -0.4 is 9.47 Å². The van der Waals surface area contributed by atoms with Gasteiger partial charge >= 0.3 is 0 Å². The summed E-state index contributed by atoms with van der Waals surface area (Å²) in [5.74, 6) is 1.73. The first kappa shape index (κ1) is 10.0. The van der Waals surface area contributed by atoms with E-state index in [0.717, 1.165) is 23.3 Å². The molecule has 80 valence electrons. The van der Waals surface area contributed by atoms with Crippen molar-refractivity contribution in [2.45, 2.75) is 19.8 Å². The Morgan fingerprint density at radius 2 is 2.00 bits per heavy atom. The van der Waals surface area contributed by atoms with Crippen LogP contribution in [-0.4, -0.2) is 19.5 Å². The lowest BCUT2D eigenvalue weighted by molar-refractivity contribution is 0.112. The lowest BCUT2D eigenvalue weighted by Crippen LogP contribution is -2.17. The van der Waals surface area contributed by atoms with E-state index in [1.165, 1.54) is 0 Å². The smallest absolute Gasteiger partial charge is 0.165 e. The predicted octanol–water partition coefficient (Wildman–Crippen LogP) is 2.39. The van der Waals surface area contributed by atoms with Gasteiger partial charge in [0.25, 0.3) is 0 Å². The largest absolute Gasteiger partial charge is 0.486 e.